The normalized spacial score (nSPS) is 14.6. The van der Waals surface area contributed by atoms with Crippen LogP contribution in [0, 0.1) is 11.2 Å². The number of benzene rings is 1. The topological polar surface area (TPSA) is 69.6 Å². The van der Waals surface area contributed by atoms with E-state index in [1.807, 2.05) is 20.8 Å². The van der Waals surface area contributed by atoms with Crippen molar-refractivity contribution in [1.82, 2.24) is 5.32 Å². The number of hydrogen-bond donors (Lipinski definition) is 3. The quantitative estimate of drug-likeness (QED) is 0.753. The molecule has 1 rings (SSSR count). The lowest BCUT2D eigenvalue weighted by atomic mass is 9.88. The molecule has 0 heterocycles. The molecule has 4 nitrogen and oxygen atoms in total. The fourth-order valence-electron chi connectivity index (χ4n) is 2.19. The van der Waals surface area contributed by atoms with Crippen LogP contribution in [0.5, 0.6) is 0 Å². The van der Waals surface area contributed by atoms with Gasteiger partial charge in [0, 0.05) is 0 Å². The lowest BCUT2D eigenvalue weighted by Gasteiger charge is -2.25. The van der Waals surface area contributed by atoms with E-state index >= 15 is 0 Å². The highest BCUT2D eigenvalue weighted by Gasteiger charge is 2.21. The van der Waals surface area contributed by atoms with Crippen molar-refractivity contribution in [3.05, 3.63) is 35.6 Å². The molecule has 21 heavy (non-hydrogen) atoms. The Morgan fingerprint density at radius 2 is 2.05 bits per heavy atom. The van der Waals surface area contributed by atoms with Crippen LogP contribution in [0.15, 0.2) is 24.3 Å². The molecule has 0 radical (unpaired) electrons. The summed E-state index contributed by atoms with van der Waals surface area (Å²) in [6.45, 7) is 5.90. The van der Waals surface area contributed by atoms with Crippen LogP contribution in [0.3, 0.4) is 0 Å². The van der Waals surface area contributed by atoms with Crippen molar-refractivity contribution in [2.75, 3.05) is 6.61 Å². The van der Waals surface area contributed by atoms with Crippen LogP contribution in [-0.4, -0.2) is 28.8 Å². The number of rotatable bonds is 6. The fraction of sp³-hybridized carbons (Fsp3) is 0.562. The van der Waals surface area contributed by atoms with Crippen LogP contribution in [-0.2, 0) is 4.79 Å². The molecule has 0 saturated heterocycles. The third-order valence-corrected chi connectivity index (χ3v) is 3.06. The maximum atomic E-state index is 13.1. The number of amides is 1. The average molecular weight is 297 g/mol. The zero-order chi connectivity index (χ0) is 16.0. The Labute approximate surface area is 125 Å². The zero-order valence-electron chi connectivity index (χ0n) is 12.8. The van der Waals surface area contributed by atoms with Gasteiger partial charge in [0.2, 0.25) is 5.91 Å². The minimum Gasteiger partial charge on any atom is -0.394 e. The number of aliphatic hydroxyl groups excluding tert-OH is 2. The first kappa shape index (κ1) is 17.6. The molecular formula is C16H24FNO3. The molecule has 1 aromatic carbocycles. The number of nitrogens with one attached hydrogen (secondary N) is 1. The van der Waals surface area contributed by atoms with Crippen LogP contribution in [0.4, 0.5) is 4.39 Å². The smallest absolute Gasteiger partial charge is 0.223 e. The van der Waals surface area contributed by atoms with E-state index < -0.39 is 11.9 Å². The molecule has 3 N–H and O–H groups in total. The first-order chi connectivity index (χ1) is 9.71. The average Bonchev–Trinajstić information content (AvgIpc) is 2.36. The maximum Gasteiger partial charge on any atom is 0.223 e. The van der Waals surface area contributed by atoms with E-state index in [0.29, 0.717) is 12.0 Å². The molecule has 0 fully saturated rings. The summed E-state index contributed by atoms with van der Waals surface area (Å²) in [5, 5.41) is 21.9. The van der Waals surface area contributed by atoms with Gasteiger partial charge in [0.1, 0.15) is 5.82 Å². The second-order valence-corrected chi connectivity index (χ2v) is 6.49. The summed E-state index contributed by atoms with van der Waals surface area (Å²) in [5.74, 6) is -0.817. The number of carbonyl (C=O) groups excluding carboxylic acids is 1. The van der Waals surface area contributed by atoms with Crippen LogP contribution >= 0.6 is 0 Å². The highest BCUT2D eigenvalue weighted by molar-refractivity contribution is 5.77. The first-order valence-electron chi connectivity index (χ1n) is 7.05. The van der Waals surface area contributed by atoms with Crippen molar-refractivity contribution in [2.24, 2.45) is 5.41 Å². The number of carbonyl (C=O) groups is 1. The first-order valence-corrected chi connectivity index (χ1v) is 7.05. The van der Waals surface area contributed by atoms with Gasteiger partial charge in [0.05, 0.1) is 25.2 Å². The predicted molar refractivity (Wildman–Crippen MR) is 79.1 cm³/mol. The monoisotopic (exact) mass is 297 g/mol. The minimum atomic E-state index is -1.06. The molecule has 0 aliphatic carbocycles. The molecule has 0 bridgehead atoms. The Kier molecular flexibility index (Phi) is 6.30. The van der Waals surface area contributed by atoms with Crippen molar-refractivity contribution in [1.29, 1.82) is 0 Å². The van der Waals surface area contributed by atoms with Gasteiger partial charge in [-0.3, -0.25) is 4.79 Å². The second-order valence-electron chi connectivity index (χ2n) is 6.49. The zero-order valence-corrected chi connectivity index (χ0v) is 12.8. The lowest BCUT2D eigenvalue weighted by molar-refractivity contribution is -0.124. The van der Waals surface area contributed by atoms with Gasteiger partial charge < -0.3 is 15.5 Å². The van der Waals surface area contributed by atoms with Crippen molar-refractivity contribution in [3.63, 3.8) is 0 Å². The van der Waals surface area contributed by atoms with Crippen molar-refractivity contribution in [3.8, 4) is 0 Å². The van der Waals surface area contributed by atoms with Crippen LogP contribution < -0.4 is 5.32 Å². The van der Waals surface area contributed by atoms with Gasteiger partial charge in [0.15, 0.2) is 0 Å². The highest BCUT2D eigenvalue weighted by Crippen LogP contribution is 2.21. The van der Waals surface area contributed by atoms with E-state index in [0.717, 1.165) is 0 Å². The van der Waals surface area contributed by atoms with E-state index in [-0.39, 0.29) is 30.4 Å². The lowest BCUT2D eigenvalue weighted by Crippen LogP contribution is -2.40. The van der Waals surface area contributed by atoms with Crippen LogP contribution in [0.1, 0.15) is 45.3 Å². The second kappa shape index (κ2) is 7.52. The summed E-state index contributed by atoms with van der Waals surface area (Å²) in [7, 11) is 0. The molecule has 1 aromatic rings. The molecule has 2 unspecified atom stereocenters. The van der Waals surface area contributed by atoms with Crippen molar-refractivity contribution < 1.29 is 19.4 Å². The molecule has 0 aliphatic heterocycles. The van der Waals surface area contributed by atoms with E-state index in [9.17, 15) is 19.4 Å². The van der Waals surface area contributed by atoms with Crippen molar-refractivity contribution >= 4 is 5.91 Å². The van der Waals surface area contributed by atoms with Gasteiger partial charge >= 0.3 is 0 Å². The fourth-order valence-corrected chi connectivity index (χ4v) is 2.19. The molecule has 5 heteroatoms. The number of aliphatic hydroxyl groups is 2. The highest BCUT2D eigenvalue weighted by atomic mass is 19.1. The van der Waals surface area contributed by atoms with Gasteiger partial charge in [-0.2, -0.15) is 0 Å². The van der Waals surface area contributed by atoms with Crippen LogP contribution in [0.2, 0.25) is 0 Å². The summed E-state index contributed by atoms with van der Waals surface area (Å²) in [6.07, 6.45) is -0.593. The number of halogens is 1. The Morgan fingerprint density at radius 1 is 1.38 bits per heavy atom. The molecule has 0 saturated carbocycles. The summed E-state index contributed by atoms with van der Waals surface area (Å²) in [6, 6.07) is 5.19. The Morgan fingerprint density at radius 3 is 2.57 bits per heavy atom. The summed E-state index contributed by atoms with van der Waals surface area (Å²) >= 11 is 0. The largest absolute Gasteiger partial charge is 0.394 e. The van der Waals surface area contributed by atoms with Gasteiger partial charge in [-0.05, 0) is 29.5 Å². The third-order valence-electron chi connectivity index (χ3n) is 3.06. The van der Waals surface area contributed by atoms with E-state index in [2.05, 4.69) is 5.32 Å². The minimum absolute atomic E-state index is 0.0259. The van der Waals surface area contributed by atoms with E-state index in [1.165, 1.54) is 18.2 Å². The third kappa shape index (κ3) is 6.69. The van der Waals surface area contributed by atoms with Crippen LogP contribution in [0.25, 0.3) is 0 Å². The Bertz CT molecular complexity index is 471. The number of hydrogen-bond acceptors (Lipinski definition) is 3. The standard InChI is InChI=1S/C16H24FNO3/c1-16(2,3)9-13(10-19)18-15(21)8-14(20)11-5-4-6-12(17)7-11/h4-7,13-14,19-20H,8-10H2,1-3H3,(H,18,21). The molecule has 2 atom stereocenters. The predicted octanol–water partition coefficient (Wildman–Crippen LogP) is 2.16. The van der Waals surface area contributed by atoms with Gasteiger partial charge in [-0.15, -0.1) is 0 Å². The molecule has 0 aliphatic rings. The van der Waals surface area contributed by atoms with E-state index in [1.54, 1.807) is 6.07 Å². The molecule has 1 amide bonds. The summed E-state index contributed by atoms with van der Waals surface area (Å²) < 4.78 is 13.1. The maximum absolute atomic E-state index is 13.1. The van der Waals surface area contributed by atoms with Gasteiger partial charge in [-0.25, -0.2) is 4.39 Å². The molecule has 118 valence electrons. The molecule has 0 spiro atoms. The summed E-state index contributed by atoms with van der Waals surface area (Å²) in [4.78, 5) is 11.9. The molecular weight excluding hydrogens is 273 g/mol. The molecule has 0 aromatic heterocycles. The SMILES string of the molecule is CC(C)(C)CC(CO)NC(=O)CC(O)c1cccc(F)c1. The van der Waals surface area contributed by atoms with Crippen molar-refractivity contribution in [2.45, 2.75) is 45.8 Å². The van der Waals surface area contributed by atoms with E-state index in [4.69, 9.17) is 0 Å². The Balaban J connectivity index is 2.56. The Hall–Kier alpha value is -1.46. The van der Waals surface area contributed by atoms with Gasteiger partial charge in [0.25, 0.3) is 0 Å². The van der Waals surface area contributed by atoms with Gasteiger partial charge in [-0.1, -0.05) is 32.9 Å². The summed E-state index contributed by atoms with van der Waals surface area (Å²) in [5.41, 5.74) is 0.337.